The van der Waals surface area contributed by atoms with Gasteiger partial charge in [-0.2, -0.15) is 0 Å². The van der Waals surface area contributed by atoms with Crippen LogP contribution < -0.4 is 0 Å². The average molecular weight is 503 g/mol. The standard InChI is InChI=1S/C23H17BrClNO5/c1-26-22(30)12-5-4-10-13(19(12)23(26)31)7-14-20(17(28)8-15(24)21(14)29)18(10)11-3-2-9(27)6-16(11)25/h2-4,6,8,12-13,18-19,27H,5,7H2,1H3/t12-,13+,18+,19-/m0/s1. The molecule has 4 aliphatic rings. The number of phenols is 1. The number of Topliss-reactive ketones (excluding diaryl/α,β-unsaturated/α-hetero) is 1. The molecule has 1 saturated heterocycles. The molecule has 158 valence electrons. The third-order valence-electron chi connectivity index (χ3n) is 6.85. The van der Waals surface area contributed by atoms with E-state index >= 15 is 0 Å². The van der Waals surface area contributed by atoms with Gasteiger partial charge in [-0.15, -0.1) is 0 Å². The molecule has 0 spiro atoms. The number of hydrogen-bond donors (Lipinski definition) is 1. The minimum absolute atomic E-state index is 0.0140. The summed E-state index contributed by atoms with van der Waals surface area (Å²) in [5.74, 6) is -3.10. The number of aromatic hydroxyl groups is 1. The van der Waals surface area contributed by atoms with Crippen LogP contribution in [0.5, 0.6) is 5.75 Å². The number of benzene rings is 1. The lowest BCUT2D eigenvalue weighted by atomic mass is 9.59. The molecule has 1 aromatic rings. The van der Waals surface area contributed by atoms with E-state index in [2.05, 4.69) is 15.9 Å². The molecular formula is C23H17BrClNO5. The van der Waals surface area contributed by atoms with Crippen molar-refractivity contribution in [2.45, 2.75) is 18.8 Å². The van der Waals surface area contributed by atoms with Gasteiger partial charge in [0.1, 0.15) is 5.75 Å². The first-order valence-electron chi connectivity index (χ1n) is 9.89. The molecule has 1 fully saturated rings. The van der Waals surface area contributed by atoms with Crippen LogP contribution in [0.2, 0.25) is 5.02 Å². The van der Waals surface area contributed by atoms with Crippen molar-refractivity contribution >= 4 is 50.9 Å². The van der Waals surface area contributed by atoms with Gasteiger partial charge in [-0.1, -0.05) is 29.3 Å². The molecule has 1 N–H and O–H groups in total. The van der Waals surface area contributed by atoms with Crippen molar-refractivity contribution in [3.8, 4) is 5.75 Å². The predicted molar refractivity (Wildman–Crippen MR) is 115 cm³/mol. The van der Waals surface area contributed by atoms with Crippen molar-refractivity contribution in [2.24, 2.45) is 17.8 Å². The van der Waals surface area contributed by atoms with Gasteiger partial charge in [0.15, 0.2) is 11.6 Å². The van der Waals surface area contributed by atoms with E-state index in [1.54, 1.807) is 6.07 Å². The Bertz CT molecular complexity index is 1200. The molecule has 3 aliphatic carbocycles. The first-order valence-corrected chi connectivity index (χ1v) is 11.1. The molecule has 0 saturated carbocycles. The molecule has 0 unspecified atom stereocenters. The number of allylic oxidation sites excluding steroid dienone is 6. The molecule has 31 heavy (non-hydrogen) atoms. The Balaban J connectivity index is 1.74. The highest BCUT2D eigenvalue weighted by atomic mass is 79.9. The van der Waals surface area contributed by atoms with E-state index in [1.807, 2.05) is 6.08 Å². The Morgan fingerprint density at radius 1 is 1.13 bits per heavy atom. The van der Waals surface area contributed by atoms with Gasteiger partial charge in [0.25, 0.3) is 0 Å². The maximum Gasteiger partial charge on any atom is 0.233 e. The minimum Gasteiger partial charge on any atom is -0.508 e. The second-order valence-electron chi connectivity index (χ2n) is 8.33. The predicted octanol–water partition coefficient (Wildman–Crippen LogP) is 3.44. The van der Waals surface area contributed by atoms with Crippen LogP contribution in [0.3, 0.4) is 0 Å². The number of ketones is 2. The number of halogens is 2. The Morgan fingerprint density at radius 3 is 2.58 bits per heavy atom. The quantitative estimate of drug-likeness (QED) is 0.361. The summed E-state index contributed by atoms with van der Waals surface area (Å²) in [6.07, 6.45) is 3.81. The smallest absolute Gasteiger partial charge is 0.233 e. The van der Waals surface area contributed by atoms with E-state index in [1.165, 1.54) is 30.2 Å². The second-order valence-corrected chi connectivity index (χ2v) is 9.60. The molecule has 1 aliphatic heterocycles. The Hall–Kier alpha value is -2.51. The molecular weight excluding hydrogens is 486 g/mol. The summed E-state index contributed by atoms with van der Waals surface area (Å²) in [4.78, 5) is 52.8. The van der Waals surface area contributed by atoms with E-state index in [0.29, 0.717) is 23.1 Å². The fourth-order valence-electron chi connectivity index (χ4n) is 5.47. The van der Waals surface area contributed by atoms with Crippen LogP contribution in [0.15, 0.2) is 51.6 Å². The van der Waals surface area contributed by atoms with Crippen LogP contribution in [0, 0.1) is 17.8 Å². The number of nitrogens with zero attached hydrogens (tertiary/aromatic N) is 1. The molecule has 8 heteroatoms. The first kappa shape index (κ1) is 20.4. The SMILES string of the molecule is CN1C(=O)[C@H]2[C@H](CC=C3[C@H](c4ccc(O)cc4Cl)C4=C(C[C@H]32)C(=O)C(Br)=CC4=O)C1=O. The van der Waals surface area contributed by atoms with Crippen LogP contribution in [0.1, 0.15) is 24.3 Å². The monoisotopic (exact) mass is 501 g/mol. The molecule has 4 atom stereocenters. The van der Waals surface area contributed by atoms with Gasteiger partial charge in [-0.25, -0.2) is 0 Å². The molecule has 5 rings (SSSR count). The van der Waals surface area contributed by atoms with Gasteiger partial charge in [0, 0.05) is 35.2 Å². The zero-order valence-electron chi connectivity index (χ0n) is 16.4. The van der Waals surface area contributed by atoms with Crippen LogP contribution in [-0.2, 0) is 19.2 Å². The van der Waals surface area contributed by atoms with Gasteiger partial charge in [0.2, 0.25) is 11.8 Å². The van der Waals surface area contributed by atoms with Crippen molar-refractivity contribution in [2.75, 3.05) is 7.05 Å². The lowest BCUT2D eigenvalue weighted by Crippen LogP contribution is -2.39. The Morgan fingerprint density at radius 2 is 1.87 bits per heavy atom. The minimum atomic E-state index is -0.620. The number of carbonyl (C=O) groups is 4. The maximum atomic E-state index is 13.1. The maximum absolute atomic E-state index is 13.1. The van der Waals surface area contributed by atoms with E-state index in [-0.39, 0.29) is 51.0 Å². The zero-order valence-corrected chi connectivity index (χ0v) is 18.7. The number of rotatable bonds is 1. The Kier molecular flexibility index (Phi) is 4.61. The van der Waals surface area contributed by atoms with Crippen LogP contribution in [0.25, 0.3) is 0 Å². The first-order chi connectivity index (χ1) is 14.7. The Labute approximate surface area is 191 Å². The molecule has 1 aromatic carbocycles. The molecule has 0 bridgehead atoms. The number of fused-ring (bicyclic) bond motifs is 3. The van der Waals surface area contributed by atoms with Gasteiger partial charge in [0.05, 0.1) is 16.3 Å². The fraction of sp³-hybridized carbons (Fsp3) is 0.304. The summed E-state index contributed by atoms with van der Waals surface area (Å²) in [6, 6.07) is 4.52. The highest BCUT2D eigenvalue weighted by Crippen LogP contribution is 2.55. The fourth-order valence-corrected chi connectivity index (χ4v) is 6.20. The molecule has 1 heterocycles. The van der Waals surface area contributed by atoms with Gasteiger partial charge < -0.3 is 5.11 Å². The summed E-state index contributed by atoms with van der Waals surface area (Å²) in [5.41, 5.74) is 2.12. The summed E-state index contributed by atoms with van der Waals surface area (Å²) in [7, 11) is 1.49. The van der Waals surface area contributed by atoms with E-state index in [9.17, 15) is 24.3 Å². The van der Waals surface area contributed by atoms with E-state index < -0.39 is 17.8 Å². The molecule has 2 amide bonds. The van der Waals surface area contributed by atoms with Gasteiger partial charge in [-0.3, -0.25) is 24.1 Å². The lowest BCUT2D eigenvalue weighted by Gasteiger charge is -2.42. The third kappa shape index (κ3) is 2.83. The van der Waals surface area contributed by atoms with Crippen LogP contribution in [0.4, 0.5) is 0 Å². The number of phenolic OH excluding ortho intramolecular Hbond substituents is 1. The van der Waals surface area contributed by atoms with Gasteiger partial charge in [-0.05, 0) is 52.4 Å². The van der Waals surface area contributed by atoms with Crippen molar-refractivity contribution in [3.63, 3.8) is 0 Å². The molecule has 0 aromatic heterocycles. The van der Waals surface area contributed by atoms with Gasteiger partial charge >= 0.3 is 0 Å². The average Bonchev–Trinajstić information content (AvgIpc) is 2.95. The largest absolute Gasteiger partial charge is 0.508 e. The normalized spacial score (nSPS) is 30.1. The third-order valence-corrected chi connectivity index (χ3v) is 7.76. The zero-order chi connectivity index (χ0) is 22.2. The van der Waals surface area contributed by atoms with Crippen molar-refractivity contribution < 1.29 is 24.3 Å². The summed E-state index contributed by atoms with van der Waals surface area (Å²) in [6.45, 7) is 0. The van der Waals surface area contributed by atoms with Crippen molar-refractivity contribution in [1.29, 1.82) is 0 Å². The summed E-state index contributed by atoms with van der Waals surface area (Å²) < 4.78 is 0.178. The topological polar surface area (TPSA) is 91.8 Å². The number of hydrogen-bond acceptors (Lipinski definition) is 5. The second kappa shape index (κ2) is 7.00. The van der Waals surface area contributed by atoms with E-state index in [4.69, 9.17) is 11.6 Å². The van der Waals surface area contributed by atoms with Crippen molar-refractivity contribution in [3.05, 3.63) is 62.1 Å². The van der Waals surface area contributed by atoms with E-state index in [0.717, 1.165) is 5.57 Å². The van der Waals surface area contributed by atoms with Crippen LogP contribution >= 0.6 is 27.5 Å². The summed E-state index contributed by atoms with van der Waals surface area (Å²) >= 11 is 9.65. The number of imide groups is 1. The molecule has 6 nitrogen and oxygen atoms in total. The lowest BCUT2D eigenvalue weighted by molar-refractivity contribution is -0.138. The summed E-state index contributed by atoms with van der Waals surface area (Å²) in [5, 5.41) is 10.1. The highest BCUT2D eigenvalue weighted by molar-refractivity contribution is 9.12. The molecule has 0 radical (unpaired) electrons. The number of amides is 2. The van der Waals surface area contributed by atoms with Crippen molar-refractivity contribution in [1.82, 2.24) is 4.90 Å². The highest BCUT2D eigenvalue weighted by Gasteiger charge is 2.55. The number of likely N-dealkylation sites (tertiary alicyclic amines) is 1. The number of carbonyl (C=O) groups excluding carboxylic acids is 4. The van der Waals surface area contributed by atoms with Crippen LogP contribution in [-0.4, -0.2) is 40.4 Å².